The monoisotopic (exact) mass is 333 g/mol. The van der Waals surface area contributed by atoms with Crippen molar-refractivity contribution in [2.75, 3.05) is 0 Å². The van der Waals surface area contributed by atoms with Crippen LogP contribution in [0.25, 0.3) is 0 Å². The van der Waals surface area contributed by atoms with Gasteiger partial charge in [-0.1, -0.05) is 110 Å². The zero-order valence-electron chi connectivity index (χ0n) is 15.6. The lowest BCUT2D eigenvalue weighted by Gasteiger charge is -2.07. The predicted molar refractivity (Wildman–Crippen MR) is 105 cm³/mol. The molecule has 0 aliphatic rings. The Morgan fingerprint density at radius 1 is 0.545 bits per heavy atom. The van der Waals surface area contributed by atoms with Gasteiger partial charge in [-0.3, -0.25) is 0 Å². The van der Waals surface area contributed by atoms with E-state index in [4.69, 9.17) is 5.73 Å². The molecular formula is C20H44ClN. The Morgan fingerprint density at radius 2 is 0.864 bits per heavy atom. The molecule has 0 fully saturated rings. The lowest BCUT2D eigenvalue weighted by Crippen LogP contribution is -2.17. The highest BCUT2D eigenvalue weighted by molar-refractivity contribution is 5.85. The number of hydrogen-bond acceptors (Lipinski definition) is 1. The molecule has 0 aliphatic carbocycles. The second-order valence-electron chi connectivity index (χ2n) is 6.91. The average Bonchev–Trinajstić information content (AvgIpc) is 2.50. The number of hydrogen-bond donors (Lipinski definition) is 1. The molecule has 0 saturated carbocycles. The Hall–Kier alpha value is 0.250. The summed E-state index contributed by atoms with van der Waals surface area (Å²) in [5.74, 6) is 0. The molecule has 0 bridgehead atoms. The summed E-state index contributed by atoms with van der Waals surface area (Å²) in [5.41, 5.74) is 5.93. The van der Waals surface area contributed by atoms with E-state index in [1.54, 1.807) is 0 Å². The Morgan fingerprint density at radius 3 is 1.18 bits per heavy atom. The molecular weight excluding hydrogens is 290 g/mol. The van der Waals surface area contributed by atoms with Crippen LogP contribution in [0.5, 0.6) is 0 Å². The summed E-state index contributed by atoms with van der Waals surface area (Å²) in [4.78, 5) is 0. The normalized spacial score (nSPS) is 12.1. The molecule has 2 N–H and O–H groups in total. The molecule has 136 valence electrons. The Labute approximate surface area is 147 Å². The van der Waals surface area contributed by atoms with Crippen molar-refractivity contribution >= 4 is 12.4 Å². The van der Waals surface area contributed by atoms with E-state index >= 15 is 0 Å². The summed E-state index contributed by atoms with van der Waals surface area (Å²) in [6.45, 7) is 4.48. The van der Waals surface area contributed by atoms with Gasteiger partial charge in [0.05, 0.1) is 0 Å². The van der Waals surface area contributed by atoms with Crippen molar-refractivity contribution in [3.05, 3.63) is 0 Å². The molecule has 22 heavy (non-hydrogen) atoms. The van der Waals surface area contributed by atoms with Crippen LogP contribution in [0.15, 0.2) is 0 Å². The molecule has 0 aromatic heterocycles. The Kier molecular flexibility index (Phi) is 23.7. The van der Waals surface area contributed by atoms with E-state index in [9.17, 15) is 0 Å². The zero-order valence-corrected chi connectivity index (χ0v) is 16.4. The third-order valence-electron chi connectivity index (χ3n) is 4.70. The first-order valence-electron chi connectivity index (χ1n) is 10.1. The summed E-state index contributed by atoms with van der Waals surface area (Å²) >= 11 is 0. The zero-order chi connectivity index (χ0) is 15.6. The Balaban J connectivity index is 0. The molecule has 0 heterocycles. The molecule has 0 aliphatic heterocycles. The minimum atomic E-state index is 0. The third kappa shape index (κ3) is 20.2. The van der Waals surface area contributed by atoms with Crippen molar-refractivity contribution in [3.8, 4) is 0 Å². The average molecular weight is 334 g/mol. The lowest BCUT2D eigenvalue weighted by molar-refractivity contribution is 0.510. The second-order valence-corrected chi connectivity index (χ2v) is 6.91. The van der Waals surface area contributed by atoms with E-state index in [0.717, 1.165) is 6.42 Å². The maximum Gasteiger partial charge on any atom is 0.00362 e. The fraction of sp³-hybridized carbons (Fsp3) is 1.00. The summed E-state index contributed by atoms with van der Waals surface area (Å²) in [7, 11) is 0. The first-order valence-corrected chi connectivity index (χ1v) is 10.1. The van der Waals surface area contributed by atoms with Gasteiger partial charge in [-0.2, -0.15) is 0 Å². The molecule has 0 spiro atoms. The van der Waals surface area contributed by atoms with E-state index in [0.29, 0.717) is 6.04 Å². The van der Waals surface area contributed by atoms with Crippen LogP contribution >= 0.6 is 12.4 Å². The fourth-order valence-corrected chi connectivity index (χ4v) is 2.98. The van der Waals surface area contributed by atoms with Crippen LogP contribution in [-0.4, -0.2) is 6.04 Å². The van der Waals surface area contributed by atoms with Gasteiger partial charge in [0.15, 0.2) is 0 Å². The van der Waals surface area contributed by atoms with Gasteiger partial charge in [-0.15, -0.1) is 12.4 Å². The predicted octanol–water partition coefficient (Wildman–Crippen LogP) is 7.41. The molecule has 1 atom stereocenters. The molecule has 0 radical (unpaired) electrons. The molecule has 1 unspecified atom stereocenters. The van der Waals surface area contributed by atoms with Crippen LogP contribution in [0.1, 0.15) is 123 Å². The molecule has 0 aromatic carbocycles. The summed E-state index contributed by atoms with van der Waals surface area (Å²) in [6.07, 6.45) is 24.0. The van der Waals surface area contributed by atoms with Crippen LogP contribution in [-0.2, 0) is 0 Å². The van der Waals surface area contributed by atoms with Crippen LogP contribution < -0.4 is 5.73 Å². The minimum absolute atomic E-state index is 0. The topological polar surface area (TPSA) is 26.0 Å². The van der Waals surface area contributed by atoms with Gasteiger partial charge in [0.1, 0.15) is 0 Å². The lowest BCUT2D eigenvalue weighted by atomic mass is 10.0. The van der Waals surface area contributed by atoms with Gasteiger partial charge in [0, 0.05) is 6.04 Å². The maximum atomic E-state index is 5.93. The fourth-order valence-electron chi connectivity index (χ4n) is 2.98. The number of nitrogens with two attached hydrogens (primary N) is 1. The molecule has 0 saturated heterocycles. The quantitative estimate of drug-likeness (QED) is 0.275. The van der Waals surface area contributed by atoms with Gasteiger partial charge in [-0.05, 0) is 12.8 Å². The van der Waals surface area contributed by atoms with Crippen molar-refractivity contribution in [1.82, 2.24) is 0 Å². The molecule has 1 nitrogen and oxygen atoms in total. The SMILES string of the molecule is CCCCCCCCCCCCCCCCCC(N)CC.Cl. The summed E-state index contributed by atoms with van der Waals surface area (Å²) in [6, 6.07) is 0.451. The van der Waals surface area contributed by atoms with Crippen molar-refractivity contribution in [2.24, 2.45) is 5.73 Å². The largest absolute Gasteiger partial charge is 0.328 e. The maximum absolute atomic E-state index is 5.93. The Bertz CT molecular complexity index is 185. The summed E-state index contributed by atoms with van der Waals surface area (Å²) < 4.78 is 0. The van der Waals surface area contributed by atoms with Crippen LogP contribution in [0.4, 0.5) is 0 Å². The van der Waals surface area contributed by atoms with E-state index in [2.05, 4.69) is 13.8 Å². The van der Waals surface area contributed by atoms with Gasteiger partial charge < -0.3 is 5.73 Å². The van der Waals surface area contributed by atoms with E-state index < -0.39 is 0 Å². The molecule has 2 heteroatoms. The highest BCUT2D eigenvalue weighted by atomic mass is 35.5. The van der Waals surface area contributed by atoms with Gasteiger partial charge in [0.25, 0.3) is 0 Å². The minimum Gasteiger partial charge on any atom is -0.328 e. The van der Waals surface area contributed by atoms with Crippen LogP contribution in [0.2, 0.25) is 0 Å². The van der Waals surface area contributed by atoms with Gasteiger partial charge in [-0.25, -0.2) is 0 Å². The molecule has 0 amide bonds. The number of halogens is 1. The van der Waals surface area contributed by atoms with Crippen molar-refractivity contribution in [2.45, 2.75) is 129 Å². The first-order chi connectivity index (χ1) is 10.3. The van der Waals surface area contributed by atoms with E-state index in [1.807, 2.05) is 0 Å². The smallest absolute Gasteiger partial charge is 0.00362 e. The van der Waals surface area contributed by atoms with Gasteiger partial charge >= 0.3 is 0 Å². The van der Waals surface area contributed by atoms with Crippen LogP contribution in [0, 0.1) is 0 Å². The van der Waals surface area contributed by atoms with Gasteiger partial charge in [0.2, 0.25) is 0 Å². The van der Waals surface area contributed by atoms with Crippen molar-refractivity contribution < 1.29 is 0 Å². The number of unbranched alkanes of at least 4 members (excludes halogenated alkanes) is 14. The van der Waals surface area contributed by atoms with E-state index in [1.165, 1.54) is 103 Å². The highest BCUT2D eigenvalue weighted by Gasteiger charge is 1.98. The van der Waals surface area contributed by atoms with Crippen molar-refractivity contribution in [1.29, 1.82) is 0 Å². The second kappa shape index (κ2) is 21.2. The van der Waals surface area contributed by atoms with Crippen molar-refractivity contribution in [3.63, 3.8) is 0 Å². The summed E-state index contributed by atoms with van der Waals surface area (Å²) in [5, 5.41) is 0. The standard InChI is InChI=1S/C20H43N.ClH/c1-3-5-6-7-8-9-10-11-12-13-14-15-16-17-18-19-20(21)4-2;/h20H,3-19,21H2,1-2H3;1H. The molecule has 0 rings (SSSR count). The first kappa shape index (κ1) is 24.5. The third-order valence-corrected chi connectivity index (χ3v) is 4.70. The van der Waals surface area contributed by atoms with E-state index in [-0.39, 0.29) is 12.4 Å². The highest BCUT2D eigenvalue weighted by Crippen LogP contribution is 2.14. The van der Waals surface area contributed by atoms with Crippen LogP contribution in [0.3, 0.4) is 0 Å². The molecule has 0 aromatic rings. The number of rotatable bonds is 17.